The van der Waals surface area contributed by atoms with E-state index in [2.05, 4.69) is 0 Å². The molecule has 2 aliphatic carbocycles. The molecule has 2 fully saturated rings. The number of hydrogen-bond acceptors (Lipinski definition) is 7. The normalized spacial score (nSPS) is 30.2. The summed E-state index contributed by atoms with van der Waals surface area (Å²) in [7, 11) is 0. The Balaban J connectivity index is 1.59. The Labute approximate surface area is 143 Å². The van der Waals surface area contributed by atoms with Crippen molar-refractivity contribution in [2.24, 2.45) is 29.4 Å². The Hall–Kier alpha value is -2.95. The predicted molar refractivity (Wildman–Crippen MR) is 82.9 cm³/mol. The van der Waals surface area contributed by atoms with Gasteiger partial charge in [-0.05, 0) is 25.2 Å². The van der Waals surface area contributed by atoms with Gasteiger partial charge >= 0.3 is 5.97 Å². The summed E-state index contributed by atoms with van der Waals surface area (Å²) in [6.45, 7) is 0.206. The largest absolute Gasteiger partial charge is 0.456 e. The Morgan fingerprint density at radius 1 is 1.28 bits per heavy atom. The van der Waals surface area contributed by atoms with E-state index in [0.29, 0.717) is 0 Å². The van der Waals surface area contributed by atoms with Gasteiger partial charge in [-0.25, -0.2) is 0 Å². The Kier molecular flexibility index (Phi) is 4.17. The minimum Gasteiger partial charge on any atom is -0.456 e. The molecule has 0 spiro atoms. The highest BCUT2D eigenvalue weighted by molar-refractivity contribution is 6.08. The monoisotopic (exact) mass is 343 g/mol. The first kappa shape index (κ1) is 16.9. The van der Waals surface area contributed by atoms with Crippen LogP contribution in [0.4, 0.5) is 0 Å². The van der Waals surface area contributed by atoms with Crippen LogP contribution in [0.25, 0.3) is 0 Å². The van der Waals surface area contributed by atoms with E-state index in [-0.39, 0.29) is 46.8 Å². The number of fused-ring (bicyclic) bond motifs is 5. The average molecular weight is 343 g/mol. The molecule has 25 heavy (non-hydrogen) atoms. The fraction of sp³-hybridized carbons (Fsp3) is 0.471. The van der Waals surface area contributed by atoms with Gasteiger partial charge in [0.05, 0.1) is 11.8 Å². The lowest BCUT2D eigenvalue weighted by molar-refractivity contribution is -0.154. The zero-order chi connectivity index (χ0) is 18.3. The summed E-state index contributed by atoms with van der Waals surface area (Å²) < 4.78 is 4.80. The molecular formula is C17H17N3O5. The summed E-state index contributed by atoms with van der Waals surface area (Å²) in [4.78, 5) is 49.4. The van der Waals surface area contributed by atoms with Gasteiger partial charge in [0.1, 0.15) is 18.2 Å². The number of amides is 2. The Morgan fingerprint density at radius 3 is 2.32 bits per heavy atom. The zero-order valence-electron chi connectivity index (χ0n) is 13.6. The minimum absolute atomic E-state index is 0.0317. The van der Waals surface area contributed by atoms with Crippen molar-refractivity contribution in [3.05, 3.63) is 23.4 Å². The van der Waals surface area contributed by atoms with Gasteiger partial charge in [0.15, 0.2) is 6.61 Å². The summed E-state index contributed by atoms with van der Waals surface area (Å²) in [5.41, 5.74) is 5.15. The standard InChI is InChI=1S/C17H17N3O5/c1-8(19)11(5-18)12(21)7-25-13(22)6-20-16(23)14-9-2-3-10(4-9)15(14)17(20)24/h2-3,9-10,14-15H,4,6-7,19H2,1H3/b11-8-/t9-,10-,14-,15+/m0/s1. The molecule has 130 valence electrons. The highest BCUT2D eigenvalue weighted by atomic mass is 16.5. The fourth-order valence-corrected chi connectivity index (χ4v) is 3.88. The number of nitriles is 1. The van der Waals surface area contributed by atoms with Crippen molar-refractivity contribution in [3.8, 4) is 6.07 Å². The molecule has 1 heterocycles. The molecule has 2 N–H and O–H groups in total. The lowest BCUT2D eigenvalue weighted by atomic mass is 9.85. The molecule has 3 rings (SSSR count). The van der Waals surface area contributed by atoms with Crippen LogP contribution < -0.4 is 5.73 Å². The van der Waals surface area contributed by atoms with Crippen LogP contribution in [-0.4, -0.2) is 41.6 Å². The second kappa shape index (κ2) is 6.16. The number of carbonyl (C=O) groups excluding carboxylic acids is 4. The third-order valence-corrected chi connectivity index (χ3v) is 5.00. The zero-order valence-corrected chi connectivity index (χ0v) is 13.6. The molecule has 2 bridgehead atoms. The number of imide groups is 1. The SMILES string of the molecule is C/C(N)=C(\C#N)C(=O)COC(=O)CN1C(=O)[C@@H]2[C@H](C1=O)[C@H]1C=C[C@H]2C1. The van der Waals surface area contributed by atoms with Crippen LogP contribution in [0.5, 0.6) is 0 Å². The minimum atomic E-state index is -0.873. The molecule has 2 amide bonds. The average Bonchev–Trinajstić information content (AvgIpc) is 3.23. The maximum absolute atomic E-state index is 12.4. The summed E-state index contributed by atoms with van der Waals surface area (Å²) in [6.07, 6.45) is 4.73. The summed E-state index contributed by atoms with van der Waals surface area (Å²) >= 11 is 0. The molecule has 4 atom stereocenters. The van der Waals surface area contributed by atoms with Crippen molar-refractivity contribution in [2.45, 2.75) is 13.3 Å². The van der Waals surface area contributed by atoms with Gasteiger partial charge in [0, 0.05) is 5.70 Å². The van der Waals surface area contributed by atoms with Crippen molar-refractivity contribution in [2.75, 3.05) is 13.2 Å². The van der Waals surface area contributed by atoms with Gasteiger partial charge in [-0.1, -0.05) is 12.2 Å². The highest BCUT2D eigenvalue weighted by Gasteiger charge is 2.59. The van der Waals surface area contributed by atoms with Crippen LogP contribution >= 0.6 is 0 Å². The van der Waals surface area contributed by atoms with Crippen LogP contribution in [0.1, 0.15) is 13.3 Å². The number of esters is 1. The van der Waals surface area contributed by atoms with E-state index in [1.54, 1.807) is 6.07 Å². The number of allylic oxidation sites excluding steroid dienone is 3. The van der Waals surface area contributed by atoms with E-state index >= 15 is 0 Å². The quantitative estimate of drug-likeness (QED) is 0.237. The number of carbonyl (C=O) groups is 4. The topological polar surface area (TPSA) is 131 Å². The van der Waals surface area contributed by atoms with E-state index < -0.39 is 24.9 Å². The van der Waals surface area contributed by atoms with E-state index in [0.717, 1.165) is 11.3 Å². The van der Waals surface area contributed by atoms with Crippen molar-refractivity contribution in [3.63, 3.8) is 0 Å². The number of likely N-dealkylation sites (tertiary alicyclic amines) is 1. The second-order valence-electron chi connectivity index (χ2n) is 6.52. The van der Waals surface area contributed by atoms with Crippen molar-refractivity contribution >= 4 is 23.6 Å². The third kappa shape index (κ3) is 2.71. The summed E-state index contributed by atoms with van der Waals surface area (Å²) in [5, 5.41) is 8.83. The molecular weight excluding hydrogens is 326 g/mol. The molecule has 0 unspecified atom stereocenters. The molecule has 0 radical (unpaired) electrons. The van der Waals surface area contributed by atoms with Crippen LogP contribution in [0.15, 0.2) is 23.4 Å². The van der Waals surface area contributed by atoms with Gasteiger partial charge in [-0.15, -0.1) is 0 Å². The lowest BCUT2D eigenvalue weighted by Crippen LogP contribution is -2.38. The van der Waals surface area contributed by atoms with E-state index in [1.165, 1.54) is 6.92 Å². The first-order valence-electron chi connectivity index (χ1n) is 7.94. The molecule has 1 saturated carbocycles. The molecule has 0 aromatic carbocycles. The second-order valence-corrected chi connectivity index (χ2v) is 6.52. The highest BCUT2D eigenvalue weighted by Crippen LogP contribution is 2.52. The number of rotatable bonds is 5. The van der Waals surface area contributed by atoms with Gasteiger partial charge in [-0.3, -0.25) is 24.1 Å². The molecule has 0 aromatic heterocycles. The predicted octanol–water partition coefficient (Wildman–Crippen LogP) is -0.338. The summed E-state index contributed by atoms with van der Waals surface area (Å²) in [6, 6.07) is 1.64. The first-order chi connectivity index (χ1) is 11.8. The molecule has 1 aliphatic heterocycles. The van der Waals surface area contributed by atoms with Gasteiger partial charge in [0.2, 0.25) is 17.6 Å². The molecule has 1 saturated heterocycles. The molecule has 8 nitrogen and oxygen atoms in total. The van der Waals surface area contributed by atoms with Crippen LogP contribution in [0.2, 0.25) is 0 Å². The number of nitrogens with two attached hydrogens (primary N) is 1. The van der Waals surface area contributed by atoms with Gasteiger partial charge in [-0.2, -0.15) is 5.26 Å². The Bertz CT molecular complexity index is 742. The molecule has 8 heteroatoms. The van der Waals surface area contributed by atoms with E-state index in [9.17, 15) is 19.2 Å². The fourth-order valence-electron chi connectivity index (χ4n) is 3.88. The number of hydrogen-bond donors (Lipinski definition) is 1. The lowest BCUT2D eigenvalue weighted by Gasteiger charge is -2.16. The molecule has 3 aliphatic rings. The van der Waals surface area contributed by atoms with E-state index in [4.69, 9.17) is 15.7 Å². The van der Waals surface area contributed by atoms with Crippen molar-refractivity contribution < 1.29 is 23.9 Å². The van der Waals surface area contributed by atoms with Crippen LogP contribution in [-0.2, 0) is 23.9 Å². The van der Waals surface area contributed by atoms with Crippen molar-refractivity contribution in [1.29, 1.82) is 5.26 Å². The number of Topliss-reactive ketones (excluding diaryl/α,β-unsaturated/α-hetero) is 1. The maximum Gasteiger partial charge on any atom is 0.326 e. The van der Waals surface area contributed by atoms with E-state index in [1.807, 2.05) is 12.2 Å². The number of ketones is 1. The third-order valence-electron chi connectivity index (χ3n) is 5.00. The molecule has 0 aromatic rings. The van der Waals surface area contributed by atoms with Crippen molar-refractivity contribution in [1.82, 2.24) is 4.90 Å². The Morgan fingerprint density at radius 2 is 1.84 bits per heavy atom. The summed E-state index contributed by atoms with van der Waals surface area (Å²) in [5.74, 6) is -2.96. The van der Waals surface area contributed by atoms with Gasteiger partial charge < -0.3 is 10.5 Å². The van der Waals surface area contributed by atoms with Crippen LogP contribution in [0, 0.1) is 35.0 Å². The maximum atomic E-state index is 12.4. The van der Waals surface area contributed by atoms with Gasteiger partial charge in [0.25, 0.3) is 0 Å². The number of ether oxygens (including phenoxy) is 1. The first-order valence-corrected chi connectivity index (χ1v) is 7.94. The van der Waals surface area contributed by atoms with Crippen LogP contribution in [0.3, 0.4) is 0 Å². The smallest absolute Gasteiger partial charge is 0.326 e. The number of nitrogens with zero attached hydrogens (tertiary/aromatic N) is 2.